The van der Waals surface area contributed by atoms with Crippen LogP contribution in [-0.2, 0) is 5.54 Å². The third kappa shape index (κ3) is 2.01. The van der Waals surface area contributed by atoms with Gasteiger partial charge in [-0.3, -0.25) is 0 Å². The first-order chi connectivity index (χ1) is 8.32. The molecule has 0 radical (unpaired) electrons. The van der Waals surface area contributed by atoms with Gasteiger partial charge in [0, 0.05) is 22.9 Å². The van der Waals surface area contributed by atoms with Gasteiger partial charge in [0.25, 0.3) is 0 Å². The van der Waals surface area contributed by atoms with E-state index in [4.69, 9.17) is 0 Å². The van der Waals surface area contributed by atoms with E-state index < -0.39 is 0 Å². The maximum Gasteiger partial charge on any atom is 0.144 e. The molecule has 1 aromatic heterocycles. The fourth-order valence-electron chi connectivity index (χ4n) is 2.06. The predicted octanol–water partition coefficient (Wildman–Crippen LogP) is 4.06. The van der Waals surface area contributed by atoms with Crippen LogP contribution in [0.4, 0.5) is 4.39 Å². The van der Waals surface area contributed by atoms with Gasteiger partial charge in [0.15, 0.2) is 0 Å². The highest BCUT2D eigenvalue weighted by atomic mass is 19.1. The minimum absolute atomic E-state index is 0.148. The highest BCUT2D eigenvalue weighted by Crippen LogP contribution is 2.38. The number of aromatic hydroxyl groups is 1. The molecule has 96 valence electrons. The summed E-state index contributed by atoms with van der Waals surface area (Å²) in [6.45, 7) is 7.89. The Hall–Kier alpha value is -1.77. The Morgan fingerprint density at radius 2 is 1.78 bits per heavy atom. The minimum atomic E-state index is -0.323. The van der Waals surface area contributed by atoms with Crippen LogP contribution in [-0.4, -0.2) is 9.67 Å². The maximum atomic E-state index is 13.9. The van der Waals surface area contributed by atoms with Gasteiger partial charge < -0.3 is 9.67 Å². The molecule has 2 rings (SSSR count). The van der Waals surface area contributed by atoms with Crippen LogP contribution in [0.5, 0.6) is 5.75 Å². The predicted molar refractivity (Wildman–Crippen MR) is 71.2 cm³/mol. The van der Waals surface area contributed by atoms with E-state index in [0.717, 1.165) is 5.56 Å². The van der Waals surface area contributed by atoms with E-state index >= 15 is 0 Å². The molecule has 18 heavy (non-hydrogen) atoms. The summed E-state index contributed by atoms with van der Waals surface area (Å²) >= 11 is 0. The molecular weight excluding hydrogens is 229 g/mol. The third-order valence-electron chi connectivity index (χ3n) is 3.01. The molecule has 1 N–H and O–H groups in total. The summed E-state index contributed by atoms with van der Waals surface area (Å²) < 4.78 is 15.8. The van der Waals surface area contributed by atoms with E-state index in [1.807, 2.05) is 38.5 Å². The van der Waals surface area contributed by atoms with Gasteiger partial charge in [-0.2, -0.15) is 0 Å². The normalized spacial score (nSPS) is 11.8. The summed E-state index contributed by atoms with van der Waals surface area (Å²) in [6.07, 6.45) is 1.86. The van der Waals surface area contributed by atoms with Gasteiger partial charge in [0.1, 0.15) is 11.6 Å². The fourth-order valence-corrected chi connectivity index (χ4v) is 2.06. The molecule has 0 saturated carbocycles. The fraction of sp³-hybridized carbons (Fsp3) is 0.333. The standard InChI is InChI=1S/C15H18FNO/c1-10-9-17(15(2,3)4)13(14(10)18)11-7-5-6-8-12(11)16/h5-9,18H,1-4H3. The largest absolute Gasteiger partial charge is 0.505 e. The zero-order chi connectivity index (χ0) is 13.5. The molecule has 0 aliphatic rings. The average Bonchev–Trinajstić information content (AvgIpc) is 2.57. The van der Waals surface area contributed by atoms with Crippen LogP contribution in [0.25, 0.3) is 11.3 Å². The molecule has 2 aromatic rings. The zero-order valence-electron chi connectivity index (χ0n) is 11.2. The second kappa shape index (κ2) is 4.16. The number of aromatic nitrogens is 1. The minimum Gasteiger partial charge on any atom is -0.505 e. The number of hydrogen-bond donors (Lipinski definition) is 1. The molecule has 0 aliphatic carbocycles. The Bertz CT molecular complexity index is 579. The summed E-state index contributed by atoms with van der Waals surface area (Å²) in [7, 11) is 0. The smallest absolute Gasteiger partial charge is 0.144 e. The van der Waals surface area contributed by atoms with Gasteiger partial charge in [-0.05, 0) is 39.8 Å². The van der Waals surface area contributed by atoms with Crippen molar-refractivity contribution in [2.75, 3.05) is 0 Å². The Morgan fingerprint density at radius 1 is 1.17 bits per heavy atom. The third-order valence-corrected chi connectivity index (χ3v) is 3.01. The summed E-state index contributed by atoms with van der Waals surface area (Å²) in [5.41, 5.74) is 1.50. The van der Waals surface area contributed by atoms with Crippen molar-refractivity contribution in [2.24, 2.45) is 0 Å². The van der Waals surface area contributed by atoms with Crippen molar-refractivity contribution in [1.82, 2.24) is 4.57 Å². The molecule has 0 aliphatic heterocycles. The van der Waals surface area contributed by atoms with Crippen molar-refractivity contribution < 1.29 is 9.50 Å². The average molecular weight is 247 g/mol. The van der Waals surface area contributed by atoms with Crippen molar-refractivity contribution in [3.8, 4) is 17.0 Å². The van der Waals surface area contributed by atoms with E-state index in [-0.39, 0.29) is 17.1 Å². The van der Waals surface area contributed by atoms with Crippen molar-refractivity contribution in [1.29, 1.82) is 0 Å². The molecule has 0 fully saturated rings. The molecule has 0 spiro atoms. The van der Waals surface area contributed by atoms with Crippen LogP contribution in [0.2, 0.25) is 0 Å². The number of hydrogen-bond acceptors (Lipinski definition) is 1. The van der Waals surface area contributed by atoms with Gasteiger partial charge in [-0.25, -0.2) is 4.39 Å². The second-order valence-electron chi connectivity index (χ2n) is 5.53. The Labute approximate surface area is 107 Å². The Balaban J connectivity index is 2.75. The van der Waals surface area contributed by atoms with Gasteiger partial charge in [-0.1, -0.05) is 12.1 Å². The number of rotatable bonds is 1. The first-order valence-corrected chi connectivity index (χ1v) is 5.98. The summed E-state index contributed by atoms with van der Waals surface area (Å²) in [5, 5.41) is 10.2. The molecule has 0 unspecified atom stereocenters. The molecule has 0 saturated heterocycles. The van der Waals surface area contributed by atoms with E-state index in [0.29, 0.717) is 11.3 Å². The molecular formula is C15H18FNO. The Kier molecular flexibility index (Phi) is 2.93. The van der Waals surface area contributed by atoms with Crippen molar-refractivity contribution in [3.05, 3.63) is 41.8 Å². The van der Waals surface area contributed by atoms with Crippen molar-refractivity contribution in [2.45, 2.75) is 33.2 Å². The quantitative estimate of drug-likeness (QED) is 0.807. The first-order valence-electron chi connectivity index (χ1n) is 5.98. The highest BCUT2D eigenvalue weighted by Gasteiger charge is 2.23. The number of benzene rings is 1. The molecule has 0 amide bonds. The van der Waals surface area contributed by atoms with Crippen LogP contribution in [0.1, 0.15) is 26.3 Å². The molecule has 0 bridgehead atoms. The van der Waals surface area contributed by atoms with Crippen LogP contribution < -0.4 is 0 Å². The SMILES string of the molecule is Cc1cn(C(C)(C)C)c(-c2ccccc2F)c1O. The van der Waals surface area contributed by atoms with E-state index in [1.54, 1.807) is 18.2 Å². The first kappa shape index (κ1) is 12.7. The summed E-state index contributed by atoms with van der Waals surface area (Å²) in [6, 6.07) is 6.51. The second-order valence-corrected chi connectivity index (χ2v) is 5.53. The molecule has 1 heterocycles. The highest BCUT2D eigenvalue weighted by molar-refractivity contribution is 5.70. The lowest BCUT2D eigenvalue weighted by atomic mass is 10.1. The molecule has 2 nitrogen and oxygen atoms in total. The lowest BCUT2D eigenvalue weighted by molar-refractivity contribution is 0.396. The van der Waals surface area contributed by atoms with Gasteiger partial charge in [0.2, 0.25) is 0 Å². The van der Waals surface area contributed by atoms with Crippen molar-refractivity contribution >= 4 is 0 Å². The lowest BCUT2D eigenvalue weighted by Crippen LogP contribution is -2.21. The van der Waals surface area contributed by atoms with Gasteiger partial charge in [0.05, 0.1) is 5.69 Å². The number of halogens is 1. The van der Waals surface area contributed by atoms with Gasteiger partial charge in [-0.15, -0.1) is 0 Å². The van der Waals surface area contributed by atoms with Crippen LogP contribution in [0.3, 0.4) is 0 Å². The zero-order valence-corrected chi connectivity index (χ0v) is 11.2. The van der Waals surface area contributed by atoms with Crippen LogP contribution in [0, 0.1) is 12.7 Å². The molecule has 1 aromatic carbocycles. The molecule has 3 heteroatoms. The van der Waals surface area contributed by atoms with Crippen molar-refractivity contribution in [3.63, 3.8) is 0 Å². The lowest BCUT2D eigenvalue weighted by Gasteiger charge is -2.24. The van der Waals surface area contributed by atoms with Crippen LogP contribution in [0.15, 0.2) is 30.5 Å². The maximum absolute atomic E-state index is 13.9. The molecule has 0 atom stereocenters. The number of nitrogens with zero attached hydrogens (tertiary/aromatic N) is 1. The van der Waals surface area contributed by atoms with E-state index in [1.165, 1.54) is 6.07 Å². The summed E-state index contributed by atoms with van der Waals surface area (Å²) in [5.74, 6) is -0.175. The Morgan fingerprint density at radius 3 is 2.33 bits per heavy atom. The van der Waals surface area contributed by atoms with E-state index in [9.17, 15) is 9.50 Å². The summed E-state index contributed by atoms with van der Waals surface area (Å²) in [4.78, 5) is 0. The monoisotopic (exact) mass is 247 g/mol. The number of aryl methyl sites for hydroxylation is 1. The van der Waals surface area contributed by atoms with Gasteiger partial charge >= 0.3 is 0 Å². The topological polar surface area (TPSA) is 25.2 Å². The van der Waals surface area contributed by atoms with E-state index in [2.05, 4.69) is 0 Å². The van der Waals surface area contributed by atoms with Crippen LogP contribution >= 0.6 is 0 Å².